The first-order valence-electron chi connectivity index (χ1n) is 5.79. The van der Waals surface area contributed by atoms with Crippen molar-refractivity contribution in [2.24, 2.45) is 0 Å². The predicted octanol–water partition coefficient (Wildman–Crippen LogP) is 1.74. The highest BCUT2D eigenvalue weighted by molar-refractivity contribution is 7.12. The van der Waals surface area contributed by atoms with Crippen LogP contribution in [0.2, 0.25) is 0 Å². The van der Waals surface area contributed by atoms with E-state index in [0.717, 1.165) is 30.8 Å². The molecule has 1 saturated heterocycles. The fourth-order valence-corrected chi connectivity index (χ4v) is 3.09. The lowest BCUT2D eigenvalue weighted by Gasteiger charge is -2.16. The average Bonchev–Trinajstić information content (AvgIpc) is 2.96. The van der Waals surface area contributed by atoms with Gasteiger partial charge in [-0.25, -0.2) is 0 Å². The smallest absolute Gasteiger partial charge is 0.264 e. The van der Waals surface area contributed by atoms with Crippen molar-refractivity contribution >= 4 is 17.2 Å². The molecular formula is C12H18N2OS. The number of likely N-dealkylation sites (tertiary alicyclic amines) is 1. The quantitative estimate of drug-likeness (QED) is 0.870. The molecule has 1 N–H and O–H groups in total. The van der Waals surface area contributed by atoms with Crippen LogP contribution in [0.15, 0.2) is 11.4 Å². The second kappa shape index (κ2) is 4.97. The summed E-state index contributed by atoms with van der Waals surface area (Å²) in [6.07, 6.45) is 2.00. The Morgan fingerprint density at radius 3 is 3.12 bits per heavy atom. The fourth-order valence-electron chi connectivity index (χ4n) is 2.13. The van der Waals surface area contributed by atoms with E-state index in [1.54, 1.807) is 11.3 Å². The SMILES string of the molecule is CCc1ccsc1C(=O)N1CCC(NC)C1. The molecule has 88 valence electrons. The Morgan fingerprint density at radius 1 is 1.69 bits per heavy atom. The molecule has 0 aliphatic carbocycles. The van der Waals surface area contributed by atoms with E-state index < -0.39 is 0 Å². The van der Waals surface area contributed by atoms with Crippen LogP contribution in [-0.4, -0.2) is 37.0 Å². The number of amides is 1. The topological polar surface area (TPSA) is 32.3 Å². The molecule has 2 heterocycles. The lowest BCUT2D eigenvalue weighted by molar-refractivity contribution is 0.0793. The molecule has 1 unspecified atom stereocenters. The van der Waals surface area contributed by atoms with E-state index in [1.807, 2.05) is 17.3 Å². The van der Waals surface area contributed by atoms with Gasteiger partial charge in [-0.15, -0.1) is 11.3 Å². The van der Waals surface area contributed by atoms with E-state index >= 15 is 0 Å². The number of hydrogen-bond acceptors (Lipinski definition) is 3. The molecule has 1 aliphatic rings. The molecule has 1 aromatic heterocycles. The van der Waals surface area contributed by atoms with E-state index in [4.69, 9.17) is 0 Å². The van der Waals surface area contributed by atoms with Gasteiger partial charge in [-0.05, 0) is 36.9 Å². The normalized spacial score (nSPS) is 20.4. The number of nitrogens with one attached hydrogen (secondary N) is 1. The first-order chi connectivity index (χ1) is 7.76. The van der Waals surface area contributed by atoms with Crippen molar-refractivity contribution in [1.82, 2.24) is 10.2 Å². The summed E-state index contributed by atoms with van der Waals surface area (Å²) in [6, 6.07) is 2.53. The lowest BCUT2D eigenvalue weighted by atomic mass is 10.2. The minimum atomic E-state index is 0.213. The highest BCUT2D eigenvalue weighted by Gasteiger charge is 2.27. The minimum Gasteiger partial charge on any atom is -0.336 e. The molecule has 0 saturated carbocycles. The molecule has 0 radical (unpaired) electrons. The highest BCUT2D eigenvalue weighted by Crippen LogP contribution is 2.21. The molecule has 0 aromatic carbocycles. The number of aryl methyl sites for hydroxylation is 1. The van der Waals surface area contributed by atoms with Crippen LogP contribution in [0.5, 0.6) is 0 Å². The predicted molar refractivity (Wildman–Crippen MR) is 67.1 cm³/mol. The number of rotatable bonds is 3. The molecular weight excluding hydrogens is 220 g/mol. The number of thiophene rings is 1. The number of likely N-dealkylation sites (N-methyl/N-ethyl adjacent to an activating group) is 1. The average molecular weight is 238 g/mol. The summed E-state index contributed by atoms with van der Waals surface area (Å²) < 4.78 is 0. The summed E-state index contributed by atoms with van der Waals surface area (Å²) >= 11 is 1.57. The van der Waals surface area contributed by atoms with Crippen molar-refractivity contribution in [2.75, 3.05) is 20.1 Å². The van der Waals surface area contributed by atoms with Crippen molar-refractivity contribution in [1.29, 1.82) is 0 Å². The molecule has 1 aliphatic heterocycles. The molecule has 0 spiro atoms. The summed E-state index contributed by atoms with van der Waals surface area (Å²) in [5.41, 5.74) is 1.18. The second-order valence-corrected chi connectivity index (χ2v) is 5.07. The Kier molecular flexibility index (Phi) is 3.61. The number of nitrogens with zero attached hydrogens (tertiary/aromatic N) is 1. The molecule has 1 atom stereocenters. The van der Waals surface area contributed by atoms with E-state index in [-0.39, 0.29) is 5.91 Å². The van der Waals surface area contributed by atoms with Crippen molar-refractivity contribution < 1.29 is 4.79 Å². The molecule has 0 bridgehead atoms. The van der Waals surface area contributed by atoms with Crippen LogP contribution >= 0.6 is 11.3 Å². The summed E-state index contributed by atoms with van der Waals surface area (Å²) in [5.74, 6) is 0.213. The zero-order valence-electron chi connectivity index (χ0n) is 9.82. The number of carbonyl (C=O) groups is 1. The third kappa shape index (κ3) is 2.13. The Balaban J connectivity index is 2.08. The van der Waals surface area contributed by atoms with Crippen molar-refractivity contribution in [2.45, 2.75) is 25.8 Å². The zero-order valence-corrected chi connectivity index (χ0v) is 10.6. The zero-order chi connectivity index (χ0) is 11.5. The minimum absolute atomic E-state index is 0.213. The molecule has 1 amide bonds. The van der Waals surface area contributed by atoms with Gasteiger partial charge in [0.05, 0.1) is 4.88 Å². The largest absolute Gasteiger partial charge is 0.336 e. The molecule has 3 nitrogen and oxygen atoms in total. The Labute approximate surface area is 100 Å². The molecule has 4 heteroatoms. The first kappa shape index (κ1) is 11.6. The van der Waals surface area contributed by atoms with E-state index in [1.165, 1.54) is 5.56 Å². The second-order valence-electron chi connectivity index (χ2n) is 4.15. The van der Waals surface area contributed by atoms with Gasteiger partial charge in [0.2, 0.25) is 0 Å². The summed E-state index contributed by atoms with van der Waals surface area (Å²) in [7, 11) is 1.96. The van der Waals surface area contributed by atoms with Crippen LogP contribution in [0.4, 0.5) is 0 Å². The maximum absolute atomic E-state index is 12.3. The van der Waals surface area contributed by atoms with Crippen molar-refractivity contribution in [3.05, 3.63) is 21.9 Å². The standard InChI is InChI=1S/C12H18N2OS/c1-3-9-5-7-16-11(9)12(15)14-6-4-10(8-14)13-2/h5,7,10,13H,3-4,6,8H2,1-2H3. The fraction of sp³-hybridized carbons (Fsp3) is 0.583. The van der Waals surface area contributed by atoms with Crippen LogP contribution < -0.4 is 5.32 Å². The van der Waals surface area contributed by atoms with Crippen LogP contribution in [0.3, 0.4) is 0 Å². The van der Waals surface area contributed by atoms with Gasteiger partial charge in [-0.2, -0.15) is 0 Å². The van der Waals surface area contributed by atoms with E-state index in [0.29, 0.717) is 6.04 Å². The lowest BCUT2D eigenvalue weighted by Crippen LogP contribution is -2.33. The van der Waals surface area contributed by atoms with E-state index in [9.17, 15) is 4.79 Å². The molecule has 1 fully saturated rings. The summed E-state index contributed by atoms with van der Waals surface area (Å²) in [6.45, 7) is 3.82. The van der Waals surface area contributed by atoms with Crippen LogP contribution in [-0.2, 0) is 6.42 Å². The third-order valence-electron chi connectivity index (χ3n) is 3.21. The Bertz CT molecular complexity index is 375. The third-order valence-corrected chi connectivity index (χ3v) is 4.15. The maximum Gasteiger partial charge on any atom is 0.264 e. The Hall–Kier alpha value is -0.870. The molecule has 16 heavy (non-hydrogen) atoms. The Morgan fingerprint density at radius 2 is 2.50 bits per heavy atom. The highest BCUT2D eigenvalue weighted by atomic mass is 32.1. The number of carbonyl (C=O) groups excluding carboxylic acids is 1. The van der Waals surface area contributed by atoms with Gasteiger partial charge >= 0.3 is 0 Å². The first-order valence-corrected chi connectivity index (χ1v) is 6.67. The van der Waals surface area contributed by atoms with Crippen molar-refractivity contribution in [3.8, 4) is 0 Å². The van der Waals surface area contributed by atoms with Gasteiger partial charge < -0.3 is 10.2 Å². The van der Waals surface area contributed by atoms with Gasteiger partial charge in [0.15, 0.2) is 0 Å². The molecule has 1 aromatic rings. The van der Waals surface area contributed by atoms with Crippen LogP contribution in [0.25, 0.3) is 0 Å². The maximum atomic E-state index is 12.3. The van der Waals surface area contributed by atoms with Gasteiger partial charge in [-0.1, -0.05) is 6.92 Å². The van der Waals surface area contributed by atoms with Gasteiger partial charge in [0.25, 0.3) is 5.91 Å². The number of hydrogen-bond donors (Lipinski definition) is 1. The van der Waals surface area contributed by atoms with Gasteiger partial charge in [0, 0.05) is 19.1 Å². The van der Waals surface area contributed by atoms with Gasteiger partial charge in [0.1, 0.15) is 0 Å². The molecule has 2 rings (SSSR count). The monoisotopic (exact) mass is 238 g/mol. The summed E-state index contributed by atoms with van der Waals surface area (Å²) in [4.78, 5) is 15.2. The summed E-state index contributed by atoms with van der Waals surface area (Å²) in [5, 5.41) is 5.24. The van der Waals surface area contributed by atoms with Crippen molar-refractivity contribution in [3.63, 3.8) is 0 Å². The van der Waals surface area contributed by atoms with E-state index in [2.05, 4.69) is 18.3 Å². The van der Waals surface area contributed by atoms with Gasteiger partial charge in [-0.3, -0.25) is 4.79 Å². The van der Waals surface area contributed by atoms with Crippen LogP contribution in [0.1, 0.15) is 28.6 Å². The van der Waals surface area contributed by atoms with Crippen LogP contribution in [0, 0.1) is 0 Å².